The van der Waals surface area contributed by atoms with E-state index >= 15 is 0 Å². The van der Waals surface area contributed by atoms with Crippen molar-refractivity contribution < 1.29 is 14.7 Å². The van der Waals surface area contributed by atoms with E-state index in [1.54, 1.807) is 31.2 Å². The van der Waals surface area contributed by atoms with Crippen molar-refractivity contribution in [3.8, 4) is 0 Å². The normalized spacial score (nSPS) is 10.2. The zero-order valence-electron chi connectivity index (χ0n) is 10.8. The molecule has 0 aliphatic heterocycles. The van der Waals surface area contributed by atoms with Gasteiger partial charge >= 0.3 is 5.97 Å². The summed E-state index contributed by atoms with van der Waals surface area (Å²) in [6.45, 7) is 2.08. The van der Waals surface area contributed by atoms with Crippen molar-refractivity contribution in [3.05, 3.63) is 46.0 Å². The molecule has 0 spiro atoms. The summed E-state index contributed by atoms with van der Waals surface area (Å²) in [5, 5.41) is 15.6. The van der Waals surface area contributed by atoms with E-state index in [1.165, 1.54) is 0 Å². The van der Waals surface area contributed by atoms with Crippen LogP contribution in [0, 0.1) is 6.92 Å². The molecule has 6 nitrogen and oxygen atoms in total. The molecule has 1 amide bonds. The van der Waals surface area contributed by atoms with E-state index in [-0.39, 0.29) is 11.5 Å². The summed E-state index contributed by atoms with van der Waals surface area (Å²) in [4.78, 5) is 23.4. The van der Waals surface area contributed by atoms with Gasteiger partial charge in [0.1, 0.15) is 4.88 Å². The quantitative estimate of drug-likeness (QED) is 0.871. The van der Waals surface area contributed by atoms with Crippen molar-refractivity contribution in [3.63, 3.8) is 0 Å². The smallest absolute Gasteiger partial charge is 0.335 e. The molecule has 0 saturated carbocycles. The van der Waals surface area contributed by atoms with Gasteiger partial charge in [-0.15, -0.1) is 5.10 Å². The number of hydrogen-bond donors (Lipinski definition) is 2. The molecule has 0 aliphatic carbocycles. The highest BCUT2D eigenvalue weighted by atomic mass is 32.1. The van der Waals surface area contributed by atoms with Crippen molar-refractivity contribution in [1.29, 1.82) is 0 Å². The molecule has 0 fully saturated rings. The number of carbonyl (C=O) groups is 2. The summed E-state index contributed by atoms with van der Waals surface area (Å²) in [5.41, 5.74) is 1.55. The van der Waals surface area contributed by atoms with Crippen LogP contribution in [-0.2, 0) is 6.42 Å². The number of nitrogens with one attached hydrogen (secondary N) is 1. The van der Waals surface area contributed by atoms with E-state index < -0.39 is 5.97 Å². The first kappa shape index (κ1) is 14.1. The molecule has 104 valence electrons. The van der Waals surface area contributed by atoms with E-state index in [2.05, 4.69) is 14.9 Å². The monoisotopic (exact) mass is 291 g/mol. The lowest BCUT2D eigenvalue weighted by atomic mass is 10.0. The fourth-order valence-corrected chi connectivity index (χ4v) is 2.35. The minimum atomic E-state index is -0.963. The highest BCUT2D eigenvalue weighted by Crippen LogP contribution is 2.10. The van der Waals surface area contributed by atoms with Gasteiger partial charge in [0.05, 0.1) is 11.3 Å². The van der Waals surface area contributed by atoms with Gasteiger partial charge in [-0.1, -0.05) is 22.7 Å². The second-order valence-electron chi connectivity index (χ2n) is 4.16. The summed E-state index contributed by atoms with van der Waals surface area (Å²) >= 11 is 1.04. The summed E-state index contributed by atoms with van der Waals surface area (Å²) in [6.07, 6.45) is 0.458. The van der Waals surface area contributed by atoms with E-state index in [0.29, 0.717) is 29.1 Å². The molecule has 0 saturated heterocycles. The number of carbonyl (C=O) groups excluding carboxylic acids is 1. The number of rotatable bonds is 5. The molecule has 2 aromatic rings. The highest BCUT2D eigenvalue weighted by molar-refractivity contribution is 7.07. The van der Waals surface area contributed by atoms with Crippen molar-refractivity contribution >= 4 is 23.4 Å². The van der Waals surface area contributed by atoms with Crippen LogP contribution in [-0.4, -0.2) is 33.1 Å². The Balaban J connectivity index is 1.95. The van der Waals surface area contributed by atoms with Crippen LogP contribution < -0.4 is 5.32 Å². The Morgan fingerprint density at radius 1 is 1.35 bits per heavy atom. The molecule has 0 aliphatic rings. The van der Waals surface area contributed by atoms with Crippen molar-refractivity contribution in [1.82, 2.24) is 14.9 Å². The Morgan fingerprint density at radius 2 is 2.10 bits per heavy atom. The first-order chi connectivity index (χ1) is 9.59. The number of aromatic nitrogens is 2. The number of carboxylic acids is 1. The number of hydrogen-bond acceptors (Lipinski definition) is 5. The molecule has 2 N–H and O–H groups in total. The number of aromatic carboxylic acids is 1. The van der Waals surface area contributed by atoms with Crippen LogP contribution in [0.15, 0.2) is 24.3 Å². The fourth-order valence-electron chi connectivity index (χ4n) is 1.78. The van der Waals surface area contributed by atoms with Crippen LogP contribution in [0.25, 0.3) is 0 Å². The van der Waals surface area contributed by atoms with E-state index in [9.17, 15) is 9.59 Å². The largest absolute Gasteiger partial charge is 0.478 e. The fraction of sp³-hybridized carbons (Fsp3) is 0.231. The van der Waals surface area contributed by atoms with Gasteiger partial charge in [0, 0.05) is 6.54 Å². The second-order valence-corrected chi connectivity index (χ2v) is 4.91. The molecule has 0 bridgehead atoms. The van der Waals surface area contributed by atoms with E-state index in [0.717, 1.165) is 11.5 Å². The van der Waals surface area contributed by atoms with Crippen LogP contribution in [0.5, 0.6) is 0 Å². The zero-order chi connectivity index (χ0) is 14.5. The third kappa shape index (κ3) is 3.18. The number of nitrogens with zero attached hydrogens (tertiary/aromatic N) is 2. The first-order valence-electron chi connectivity index (χ1n) is 5.98. The minimum absolute atomic E-state index is 0.231. The lowest BCUT2D eigenvalue weighted by Crippen LogP contribution is -2.26. The number of amides is 1. The Kier molecular flexibility index (Phi) is 4.41. The van der Waals surface area contributed by atoms with Crippen LogP contribution in [0.4, 0.5) is 0 Å². The molecule has 20 heavy (non-hydrogen) atoms. The van der Waals surface area contributed by atoms with E-state index in [4.69, 9.17) is 5.11 Å². The topological polar surface area (TPSA) is 92.2 Å². The zero-order valence-corrected chi connectivity index (χ0v) is 11.6. The molecule has 1 aromatic carbocycles. The number of benzene rings is 1. The van der Waals surface area contributed by atoms with Crippen LogP contribution >= 0.6 is 11.5 Å². The molecular weight excluding hydrogens is 278 g/mol. The Bertz CT molecular complexity index is 639. The molecule has 2 rings (SSSR count). The standard InChI is InChI=1S/C13H13N3O3S/c1-8-11(20-16-15-8)12(17)14-7-6-9-4-2-3-5-10(9)13(18)19/h2-5H,6-7H2,1H3,(H,14,17)(H,18,19). The van der Waals surface area contributed by atoms with Crippen molar-refractivity contribution in [2.75, 3.05) is 6.54 Å². The molecule has 0 unspecified atom stereocenters. The minimum Gasteiger partial charge on any atom is -0.478 e. The third-order valence-electron chi connectivity index (χ3n) is 2.79. The SMILES string of the molecule is Cc1nnsc1C(=O)NCCc1ccccc1C(=O)O. The molecule has 1 heterocycles. The predicted molar refractivity (Wildman–Crippen MR) is 74.1 cm³/mol. The van der Waals surface area contributed by atoms with Gasteiger partial charge in [-0.2, -0.15) is 0 Å². The lowest BCUT2D eigenvalue weighted by Gasteiger charge is -2.06. The maximum atomic E-state index is 11.8. The van der Waals surface area contributed by atoms with Crippen molar-refractivity contribution in [2.45, 2.75) is 13.3 Å². The molecule has 0 radical (unpaired) electrons. The van der Waals surface area contributed by atoms with Gasteiger partial charge in [0.2, 0.25) is 0 Å². The van der Waals surface area contributed by atoms with E-state index in [1.807, 2.05) is 0 Å². The maximum absolute atomic E-state index is 11.8. The summed E-state index contributed by atoms with van der Waals surface area (Å²) in [7, 11) is 0. The summed E-state index contributed by atoms with van der Waals surface area (Å²) in [6, 6.07) is 6.75. The molecule has 7 heteroatoms. The van der Waals surface area contributed by atoms with Crippen molar-refractivity contribution in [2.24, 2.45) is 0 Å². The van der Waals surface area contributed by atoms with Crippen LogP contribution in [0.3, 0.4) is 0 Å². The van der Waals surface area contributed by atoms with Gasteiger partial charge in [-0.3, -0.25) is 4.79 Å². The molecule has 0 atom stereocenters. The second kappa shape index (κ2) is 6.25. The van der Waals surface area contributed by atoms with Gasteiger partial charge in [-0.25, -0.2) is 4.79 Å². The average molecular weight is 291 g/mol. The Labute approximate surface area is 119 Å². The Hall–Kier alpha value is -2.28. The summed E-state index contributed by atoms with van der Waals surface area (Å²) < 4.78 is 3.70. The number of aryl methyl sites for hydroxylation is 1. The molecule has 1 aromatic heterocycles. The average Bonchev–Trinajstić information content (AvgIpc) is 2.85. The van der Waals surface area contributed by atoms with Crippen LogP contribution in [0.2, 0.25) is 0 Å². The Morgan fingerprint density at radius 3 is 2.75 bits per heavy atom. The van der Waals surface area contributed by atoms with Gasteiger partial charge in [0.25, 0.3) is 5.91 Å². The first-order valence-corrected chi connectivity index (χ1v) is 6.75. The number of carboxylic acid groups (broad SMARTS) is 1. The lowest BCUT2D eigenvalue weighted by molar-refractivity contribution is 0.0695. The summed E-state index contributed by atoms with van der Waals surface area (Å²) in [5.74, 6) is -1.19. The van der Waals surface area contributed by atoms with Gasteiger partial charge in [0.15, 0.2) is 0 Å². The third-order valence-corrected chi connectivity index (χ3v) is 3.61. The maximum Gasteiger partial charge on any atom is 0.335 e. The van der Waals surface area contributed by atoms with Gasteiger partial charge in [-0.05, 0) is 36.5 Å². The highest BCUT2D eigenvalue weighted by Gasteiger charge is 2.13. The van der Waals surface area contributed by atoms with Crippen LogP contribution in [0.1, 0.15) is 31.3 Å². The molecular formula is C13H13N3O3S. The van der Waals surface area contributed by atoms with Gasteiger partial charge < -0.3 is 10.4 Å². The predicted octanol–water partition coefficient (Wildman–Crippen LogP) is 1.52.